The lowest BCUT2D eigenvalue weighted by molar-refractivity contribution is -0.139. The number of nitrogens with zero attached hydrogens (tertiary/aromatic N) is 2. The van der Waals surface area contributed by atoms with Crippen LogP contribution < -0.4 is 33.8 Å². The monoisotopic (exact) mass is 650 g/mol. The highest BCUT2D eigenvalue weighted by atomic mass is 79.9. The van der Waals surface area contributed by atoms with Gasteiger partial charge in [-0.15, -0.1) is 0 Å². The summed E-state index contributed by atoms with van der Waals surface area (Å²) in [6.07, 6.45) is 1.71. The molecule has 4 rings (SSSR count). The fourth-order valence-corrected chi connectivity index (χ4v) is 6.28. The van der Waals surface area contributed by atoms with Crippen LogP contribution in [-0.4, -0.2) is 45.1 Å². The molecule has 12 heteroatoms. The van der Waals surface area contributed by atoms with Crippen LogP contribution in [0, 0.1) is 0 Å². The van der Waals surface area contributed by atoms with Crippen LogP contribution in [0.5, 0.6) is 23.0 Å². The summed E-state index contributed by atoms with van der Waals surface area (Å²) in [5.74, 6) is 1.24. The van der Waals surface area contributed by atoms with Crippen molar-refractivity contribution in [1.82, 2.24) is 4.57 Å². The van der Waals surface area contributed by atoms with E-state index < -0.39 is 12.0 Å². The van der Waals surface area contributed by atoms with Gasteiger partial charge >= 0.3 is 5.97 Å². The number of benzene rings is 2. The summed E-state index contributed by atoms with van der Waals surface area (Å²) in [6.45, 7) is 5.88. The smallest absolute Gasteiger partial charge is 0.338 e. The number of carbonyl (C=O) groups is 1. The molecule has 0 saturated carbocycles. The SMILES string of the molecule is CCOC(=O)C1=C(C)N=c2s/c(=C\c3cc(Cl)c(OCC)c(OC)c3)c(=O)n2[C@@H]1c1cc(OC)c(OC)cc1Br. The van der Waals surface area contributed by atoms with Crippen LogP contribution in [0.4, 0.5) is 0 Å². The van der Waals surface area contributed by atoms with E-state index in [4.69, 9.17) is 35.3 Å². The Bertz CT molecular complexity index is 1680. The lowest BCUT2D eigenvalue weighted by Crippen LogP contribution is -2.40. The van der Waals surface area contributed by atoms with E-state index >= 15 is 0 Å². The second-order valence-electron chi connectivity index (χ2n) is 8.50. The molecule has 0 N–H and O–H groups in total. The number of esters is 1. The number of halogens is 2. The molecule has 0 bridgehead atoms. The van der Waals surface area contributed by atoms with Gasteiger partial charge in [-0.1, -0.05) is 38.9 Å². The van der Waals surface area contributed by atoms with Crippen LogP contribution in [-0.2, 0) is 9.53 Å². The van der Waals surface area contributed by atoms with E-state index in [1.807, 2.05) is 6.92 Å². The third-order valence-electron chi connectivity index (χ3n) is 6.15. The number of rotatable bonds is 9. The Morgan fingerprint density at radius 2 is 1.75 bits per heavy atom. The van der Waals surface area contributed by atoms with Gasteiger partial charge in [0.15, 0.2) is 27.8 Å². The number of allylic oxidation sites excluding steroid dienone is 1. The van der Waals surface area contributed by atoms with Crippen LogP contribution in [0.2, 0.25) is 5.02 Å². The maximum Gasteiger partial charge on any atom is 0.338 e. The first-order valence-electron chi connectivity index (χ1n) is 12.3. The van der Waals surface area contributed by atoms with Gasteiger partial charge in [0, 0.05) is 4.47 Å². The quantitative estimate of drug-likeness (QED) is 0.311. The number of thiazole rings is 1. The van der Waals surface area contributed by atoms with E-state index in [1.165, 1.54) is 37.2 Å². The average molecular weight is 652 g/mol. The summed E-state index contributed by atoms with van der Waals surface area (Å²) in [4.78, 5) is 32.3. The largest absolute Gasteiger partial charge is 0.493 e. The zero-order chi connectivity index (χ0) is 29.1. The molecule has 1 aliphatic rings. The second kappa shape index (κ2) is 12.5. The number of carbonyl (C=O) groups excluding carboxylic acids is 1. The molecule has 9 nitrogen and oxygen atoms in total. The van der Waals surface area contributed by atoms with Gasteiger partial charge < -0.3 is 23.7 Å². The van der Waals surface area contributed by atoms with Crippen molar-refractivity contribution in [3.8, 4) is 23.0 Å². The molecule has 2 heterocycles. The van der Waals surface area contributed by atoms with Gasteiger partial charge in [-0.2, -0.15) is 0 Å². The number of methoxy groups -OCH3 is 3. The Labute approximate surface area is 248 Å². The number of hydrogen-bond donors (Lipinski definition) is 0. The van der Waals surface area contributed by atoms with E-state index in [0.717, 1.165) is 0 Å². The zero-order valence-electron chi connectivity index (χ0n) is 22.8. The molecule has 0 amide bonds. The summed E-state index contributed by atoms with van der Waals surface area (Å²) < 4.78 is 29.9. The van der Waals surface area contributed by atoms with E-state index in [1.54, 1.807) is 44.2 Å². The van der Waals surface area contributed by atoms with Crippen molar-refractivity contribution in [3.05, 3.63) is 75.8 Å². The third kappa shape index (κ3) is 5.50. The molecule has 0 saturated heterocycles. The van der Waals surface area contributed by atoms with Crippen molar-refractivity contribution in [3.63, 3.8) is 0 Å². The predicted molar refractivity (Wildman–Crippen MR) is 157 cm³/mol. The first-order valence-corrected chi connectivity index (χ1v) is 14.3. The highest BCUT2D eigenvalue weighted by Gasteiger charge is 2.35. The average Bonchev–Trinajstić information content (AvgIpc) is 3.23. The van der Waals surface area contributed by atoms with Gasteiger partial charge in [-0.05, 0) is 62.2 Å². The van der Waals surface area contributed by atoms with Crippen LogP contribution in [0.25, 0.3) is 6.08 Å². The van der Waals surface area contributed by atoms with Gasteiger partial charge in [0.05, 0.1) is 61.4 Å². The maximum absolute atomic E-state index is 14.0. The number of ether oxygens (including phenoxy) is 5. The second-order valence-corrected chi connectivity index (χ2v) is 10.8. The molecule has 212 valence electrons. The highest BCUT2D eigenvalue weighted by molar-refractivity contribution is 9.10. The third-order valence-corrected chi connectivity index (χ3v) is 8.10. The standard InChI is InChI=1S/C28H28BrClN2O7S/c1-7-38-25-18(30)9-15(10-21(25)37-6)11-22-26(33)32-24(16-12-19(35-4)20(36-5)13-17(16)29)23(27(34)39-8-2)14(3)31-28(32)40-22/h9-13,24H,7-8H2,1-6H3/b22-11-/t24-/m1/s1. The lowest BCUT2D eigenvalue weighted by atomic mass is 9.95. The summed E-state index contributed by atoms with van der Waals surface area (Å²) in [7, 11) is 4.57. The maximum atomic E-state index is 14.0. The Hall–Kier alpha value is -3.28. The molecule has 0 unspecified atom stereocenters. The Morgan fingerprint density at radius 3 is 2.38 bits per heavy atom. The predicted octanol–water partition coefficient (Wildman–Crippen LogP) is 4.64. The van der Waals surface area contributed by atoms with Crippen molar-refractivity contribution in [2.75, 3.05) is 34.5 Å². The summed E-state index contributed by atoms with van der Waals surface area (Å²) >= 11 is 11.3. The van der Waals surface area contributed by atoms with Crippen molar-refractivity contribution in [2.24, 2.45) is 4.99 Å². The normalized spacial score (nSPS) is 14.9. The molecule has 40 heavy (non-hydrogen) atoms. The van der Waals surface area contributed by atoms with Crippen molar-refractivity contribution < 1.29 is 28.5 Å². The Morgan fingerprint density at radius 1 is 1.07 bits per heavy atom. The van der Waals surface area contributed by atoms with E-state index in [-0.39, 0.29) is 17.7 Å². The van der Waals surface area contributed by atoms with Crippen LogP contribution in [0.15, 0.2) is 49.8 Å². The molecule has 1 aromatic heterocycles. The van der Waals surface area contributed by atoms with Gasteiger partial charge in [0.1, 0.15) is 0 Å². The number of fused-ring (bicyclic) bond motifs is 1. The number of hydrogen-bond acceptors (Lipinski definition) is 9. The van der Waals surface area contributed by atoms with Gasteiger partial charge in [-0.3, -0.25) is 9.36 Å². The fraction of sp³-hybridized carbons (Fsp3) is 0.321. The molecule has 1 atom stereocenters. The van der Waals surface area contributed by atoms with Crippen molar-refractivity contribution in [2.45, 2.75) is 26.8 Å². The summed E-state index contributed by atoms with van der Waals surface area (Å²) in [6, 6.07) is 6.07. The van der Waals surface area contributed by atoms with Crippen LogP contribution in [0.3, 0.4) is 0 Å². The van der Waals surface area contributed by atoms with E-state index in [9.17, 15) is 9.59 Å². The molecule has 0 aliphatic carbocycles. The van der Waals surface area contributed by atoms with Gasteiger partial charge in [-0.25, -0.2) is 9.79 Å². The molecular weight excluding hydrogens is 624 g/mol. The van der Waals surface area contributed by atoms with E-state index in [2.05, 4.69) is 20.9 Å². The minimum absolute atomic E-state index is 0.167. The fourth-order valence-electron chi connectivity index (χ4n) is 4.42. The van der Waals surface area contributed by atoms with Crippen LogP contribution >= 0.6 is 38.9 Å². The molecule has 0 fully saturated rings. The minimum atomic E-state index is -0.843. The first kappa shape index (κ1) is 29.7. The Balaban J connectivity index is 1.98. The first-order chi connectivity index (χ1) is 19.2. The van der Waals surface area contributed by atoms with Gasteiger partial charge in [0.25, 0.3) is 5.56 Å². The van der Waals surface area contributed by atoms with E-state index in [0.29, 0.717) is 65.3 Å². The summed E-state index contributed by atoms with van der Waals surface area (Å²) in [5, 5.41) is 0.354. The minimum Gasteiger partial charge on any atom is -0.493 e. The van der Waals surface area contributed by atoms with Crippen molar-refractivity contribution >= 4 is 50.9 Å². The summed E-state index contributed by atoms with van der Waals surface area (Å²) in [5.41, 5.74) is 1.60. The van der Waals surface area contributed by atoms with Crippen molar-refractivity contribution in [1.29, 1.82) is 0 Å². The molecule has 2 aromatic carbocycles. The van der Waals surface area contributed by atoms with Gasteiger partial charge in [0.2, 0.25) is 0 Å². The molecule has 1 aliphatic heterocycles. The highest BCUT2D eigenvalue weighted by Crippen LogP contribution is 2.41. The Kier molecular flexibility index (Phi) is 9.27. The van der Waals surface area contributed by atoms with Crippen LogP contribution in [0.1, 0.15) is 37.9 Å². The lowest BCUT2D eigenvalue weighted by Gasteiger charge is -2.26. The number of aromatic nitrogens is 1. The molecule has 0 spiro atoms. The zero-order valence-corrected chi connectivity index (χ0v) is 26.0. The molecular formula is C28H28BrClN2O7S. The molecule has 0 radical (unpaired) electrons. The molecule has 3 aromatic rings. The topological polar surface area (TPSA) is 97.6 Å².